The molecule has 2 aromatic rings. The van der Waals surface area contributed by atoms with E-state index in [2.05, 4.69) is 30.8 Å². The van der Waals surface area contributed by atoms with Crippen LogP contribution in [0.4, 0.5) is 4.79 Å². The Labute approximate surface area is 261 Å². The molecule has 17 nitrogen and oxygen atoms in total. The summed E-state index contributed by atoms with van der Waals surface area (Å²) in [6.45, 7) is 2.34. The van der Waals surface area contributed by atoms with Gasteiger partial charge in [-0.05, 0) is 45.1 Å². The van der Waals surface area contributed by atoms with Crippen LogP contribution < -0.4 is 21.7 Å². The zero-order valence-electron chi connectivity index (χ0n) is 25.7. The van der Waals surface area contributed by atoms with Gasteiger partial charge in [-0.15, -0.1) is 0 Å². The lowest BCUT2D eigenvalue weighted by Crippen LogP contribution is -2.51. The van der Waals surface area contributed by atoms with Crippen molar-refractivity contribution in [1.82, 2.24) is 40.0 Å². The molecular weight excluding hydrogens is 590 g/mol. The van der Waals surface area contributed by atoms with Crippen LogP contribution in [-0.4, -0.2) is 100 Å². The van der Waals surface area contributed by atoms with E-state index >= 15 is 0 Å². The minimum absolute atomic E-state index is 0.0323. The number of rotatable bonds is 22. The summed E-state index contributed by atoms with van der Waals surface area (Å²) in [5.41, 5.74) is 6.09. The molecule has 2 heterocycles. The summed E-state index contributed by atoms with van der Waals surface area (Å²) in [5, 5.41) is 34.3. The van der Waals surface area contributed by atoms with Gasteiger partial charge in [0.1, 0.15) is 23.7 Å². The maximum absolute atomic E-state index is 12.5. The molecule has 0 aliphatic carbocycles. The number of nitrogens with zero attached hydrogens (tertiary/aromatic N) is 5. The quantitative estimate of drug-likeness (QED) is 0.0846. The third-order valence-electron chi connectivity index (χ3n) is 7.22. The average molecular weight is 636 g/mol. The molecule has 17 heteroatoms. The maximum atomic E-state index is 12.5. The number of unbranched alkanes of at least 4 members (excludes halogenated alkanes) is 2. The third-order valence-corrected chi connectivity index (χ3v) is 7.22. The first-order valence-electron chi connectivity index (χ1n) is 14.8. The summed E-state index contributed by atoms with van der Waals surface area (Å²) in [7, 11) is 3.90. The monoisotopic (exact) mass is 635 g/mol. The number of carboxylic acids is 3. The summed E-state index contributed by atoms with van der Waals surface area (Å²) in [6.07, 6.45) is 9.35. The second-order valence-electron chi connectivity index (χ2n) is 10.8. The number of carboxylic acid groups (broad SMARTS) is 3. The van der Waals surface area contributed by atoms with Crippen molar-refractivity contribution in [1.29, 1.82) is 0 Å². The van der Waals surface area contributed by atoms with E-state index in [0.29, 0.717) is 32.4 Å². The van der Waals surface area contributed by atoms with E-state index in [1.807, 2.05) is 35.6 Å². The summed E-state index contributed by atoms with van der Waals surface area (Å²) in [5.74, 6) is -2.40. The van der Waals surface area contributed by atoms with Gasteiger partial charge in [-0.2, -0.15) is 0 Å². The van der Waals surface area contributed by atoms with Gasteiger partial charge >= 0.3 is 23.9 Å². The topological polar surface area (TPSA) is 247 Å². The van der Waals surface area contributed by atoms with Crippen LogP contribution in [0.1, 0.15) is 63.0 Å². The Bertz CT molecular complexity index is 1220. The van der Waals surface area contributed by atoms with Crippen LogP contribution in [-0.2, 0) is 46.4 Å². The summed E-state index contributed by atoms with van der Waals surface area (Å²) in [4.78, 5) is 69.1. The lowest BCUT2D eigenvalue weighted by atomic mass is 10.1. The van der Waals surface area contributed by atoms with Gasteiger partial charge in [0.05, 0.1) is 19.1 Å². The zero-order valence-corrected chi connectivity index (χ0v) is 25.7. The molecule has 0 spiro atoms. The standard InChI is InChI=1S/C28H45N9O8/c1-35-15-12-30-22(35)17-37(18-23-31-13-16-36(23)2)14-6-4-7-19(29)25(40)32-11-5-3-8-20(26(41)42)33-28(45)34-21(27(43)44)9-10-24(38)39/h12-13,15-16,19-21H,3-11,14,17-18,29H2,1-2H3,(H,32,40)(H,38,39)(H,41,42)(H,43,44)(H2,33,34,45)/t19-,20-,21-/m0/s1. The molecule has 250 valence electrons. The molecule has 0 bridgehead atoms. The van der Waals surface area contributed by atoms with E-state index < -0.39 is 48.5 Å². The number of carbonyl (C=O) groups excluding carboxylic acids is 2. The first-order valence-corrected chi connectivity index (χ1v) is 14.8. The normalized spacial score (nSPS) is 13.2. The molecule has 0 saturated heterocycles. The van der Waals surface area contributed by atoms with Crippen molar-refractivity contribution in [3.05, 3.63) is 36.4 Å². The number of hydrogen-bond donors (Lipinski definition) is 7. The van der Waals surface area contributed by atoms with Gasteiger partial charge in [0.25, 0.3) is 0 Å². The summed E-state index contributed by atoms with van der Waals surface area (Å²) >= 11 is 0. The van der Waals surface area contributed by atoms with Crippen molar-refractivity contribution >= 4 is 29.8 Å². The number of nitrogens with one attached hydrogen (secondary N) is 3. The SMILES string of the molecule is Cn1ccnc1CN(CCCC[C@H](N)C(=O)NCCCC[C@H](NC(=O)N[C@@H](CCC(=O)O)C(=O)O)C(=O)O)Cc1nccn1C. The number of carbonyl (C=O) groups is 5. The number of urea groups is 1. The Kier molecular flexibility index (Phi) is 15.5. The minimum atomic E-state index is -1.48. The second kappa shape index (κ2) is 19.0. The van der Waals surface area contributed by atoms with Crippen molar-refractivity contribution in [2.75, 3.05) is 13.1 Å². The van der Waals surface area contributed by atoms with Crippen LogP contribution in [0.25, 0.3) is 0 Å². The van der Waals surface area contributed by atoms with E-state index in [-0.39, 0.29) is 25.3 Å². The highest BCUT2D eigenvalue weighted by molar-refractivity contribution is 5.86. The van der Waals surface area contributed by atoms with E-state index in [4.69, 9.17) is 15.9 Å². The van der Waals surface area contributed by atoms with E-state index in [1.165, 1.54) is 0 Å². The number of aromatic nitrogens is 4. The largest absolute Gasteiger partial charge is 0.481 e. The van der Waals surface area contributed by atoms with Crippen molar-refractivity contribution in [3.8, 4) is 0 Å². The first-order chi connectivity index (χ1) is 21.4. The highest BCUT2D eigenvalue weighted by Gasteiger charge is 2.25. The molecule has 45 heavy (non-hydrogen) atoms. The molecule has 2 aromatic heterocycles. The predicted octanol–water partition coefficient (Wildman–Crippen LogP) is 0.0103. The molecule has 8 N–H and O–H groups in total. The van der Waals surface area contributed by atoms with Gasteiger partial charge in [0, 0.05) is 51.8 Å². The highest BCUT2D eigenvalue weighted by atomic mass is 16.4. The maximum Gasteiger partial charge on any atom is 0.326 e. The van der Waals surface area contributed by atoms with Crippen molar-refractivity contribution < 1.29 is 39.3 Å². The summed E-state index contributed by atoms with van der Waals surface area (Å²) in [6, 6.07) is -4.50. The van der Waals surface area contributed by atoms with Crippen molar-refractivity contribution in [2.45, 2.75) is 82.6 Å². The Morgan fingerprint density at radius 1 is 0.822 bits per heavy atom. The Morgan fingerprint density at radius 2 is 1.36 bits per heavy atom. The summed E-state index contributed by atoms with van der Waals surface area (Å²) < 4.78 is 3.95. The van der Waals surface area contributed by atoms with E-state index in [9.17, 15) is 29.1 Å². The number of aliphatic carboxylic acids is 3. The van der Waals surface area contributed by atoms with Gasteiger partial charge in [0.15, 0.2) is 0 Å². The van der Waals surface area contributed by atoms with E-state index in [0.717, 1.165) is 31.0 Å². The van der Waals surface area contributed by atoms with Gasteiger partial charge in [0.2, 0.25) is 5.91 Å². The molecule has 0 unspecified atom stereocenters. The molecule has 0 radical (unpaired) electrons. The number of aryl methyl sites for hydroxylation is 2. The second-order valence-corrected chi connectivity index (χ2v) is 10.8. The number of imidazole rings is 2. The molecule has 3 amide bonds. The molecular formula is C28H45N9O8. The first kappa shape index (κ1) is 36.7. The lowest BCUT2D eigenvalue weighted by Gasteiger charge is -2.22. The number of amides is 3. The smallest absolute Gasteiger partial charge is 0.326 e. The fourth-order valence-electron chi connectivity index (χ4n) is 4.50. The highest BCUT2D eigenvalue weighted by Crippen LogP contribution is 2.10. The van der Waals surface area contributed by atoms with Crippen LogP contribution in [0, 0.1) is 0 Å². The predicted molar refractivity (Wildman–Crippen MR) is 161 cm³/mol. The minimum Gasteiger partial charge on any atom is -0.481 e. The zero-order chi connectivity index (χ0) is 33.4. The third kappa shape index (κ3) is 13.8. The Hall–Kier alpha value is -4.51. The number of nitrogens with two attached hydrogens (primary N) is 1. The van der Waals surface area contributed by atoms with Crippen LogP contribution in [0.2, 0.25) is 0 Å². The number of hydrogen-bond acceptors (Lipinski definition) is 9. The van der Waals surface area contributed by atoms with Crippen LogP contribution in [0.15, 0.2) is 24.8 Å². The van der Waals surface area contributed by atoms with E-state index in [1.54, 1.807) is 12.4 Å². The molecule has 0 aliphatic rings. The average Bonchev–Trinajstić information content (AvgIpc) is 3.58. The van der Waals surface area contributed by atoms with Gasteiger partial charge in [-0.1, -0.05) is 6.42 Å². The Morgan fingerprint density at radius 3 is 1.84 bits per heavy atom. The fourth-order valence-corrected chi connectivity index (χ4v) is 4.50. The Balaban J connectivity index is 1.68. The molecule has 0 fully saturated rings. The van der Waals surface area contributed by atoms with Gasteiger partial charge < -0.3 is 46.1 Å². The molecule has 3 atom stereocenters. The lowest BCUT2D eigenvalue weighted by molar-refractivity contribution is -0.140. The molecule has 2 rings (SSSR count). The van der Waals surface area contributed by atoms with Crippen LogP contribution >= 0.6 is 0 Å². The van der Waals surface area contributed by atoms with Gasteiger partial charge in [-0.25, -0.2) is 24.4 Å². The van der Waals surface area contributed by atoms with Gasteiger partial charge in [-0.3, -0.25) is 14.5 Å². The molecule has 0 aromatic carbocycles. The fraction of sp³-hybridized carbons (Fsp3) is 0.607. The van der Waals surface area contributed by atoms with Crippen LogP contribution in [0.3, 0.4) is 0 Å². The molecule has 0 saturated carbocycles. The van der Waals surface area contributed by atoms with Crippen molar-refractivity contribution in [2.24, 2.45) is 19.8 Å². The van der Waals surface area contributed by atoms with Crippen molar-refractivity contribution in [3.63, 3.8) is 0 Å². The van der Waals surface area contributed by atoms with Crippen LogP contribution in [0.5, 0.6) is 0 Å². The molecule has 0 aliphatic heterocycles.